The molecular weight excluding hydrogens is 371 g/mol. The van der Waals surface area contributed by atoms with Crippen LogP contribution in [-0.2, 0) is 11.0 Å². The van der Waals surface area contributed by atoms with Gasteiger partial charge in [-0.15, -0.1) is 11.3 Å². The van der Waals surface area contributed by atoms with Gasteiger partial charge in [-0.1, -0.05) is 17.8 Å². The Morgan fingerprint density at radius 3 is 2.72 bits per heavy atom. The normalized spacial score (nSPS) is 11.4. The van der Waals surface area contributed by atoms with Gasteiger partial charge in [-0.05, 0) is 31.4 Å². The highest BCUT2D eigenvalue weighted by Gasteiger charge is 2.36. The van der Waals surface area contributed by atoms with E-state index < -0.39 is 17.3 Å². The molecule has 2 aromatic rings. The van der Waals surface area contributed by atoms with Gasteiger partial charge in [-0.25, -0.2) is 4.98 Å². The van der Waals surface area contributed by atoms with Crippen molar-refractivity contribution in [3.63, 3.8) is 0 Å². The van der Waals surface area contributed by atoms with E-state index in [9.17, 15) is 23.2 Å². The van der Waals surface area contributed by atoms with E-state index in [1.165, 1.54) is 11.3 Å². The van der Waals surface area contributed by atoms with Gasteiger partial charge in [0.25, 0.3) is 0 Å². The summed E-state index contributed by atoms with van der Waals surface area (Å²) in [6.07, 6.45) is -4.69. The zero-order valence-corrected chi connectivity index (χ0v) is 15.0. The van der Waals surface area contributed by atoms with Gasteiger partial charge < -0.3 is 5.32 Å². The van der Waals surface area contributed by atoms with E-state index in [1.54, 1.807) is 37.4 Å². The van der Waals surface area contributed by atoms with Crippen LogP contribution >= 0.6 is 23.1 Å². The molecule has 2 heterocycles. The third-order valence-corrected chi connectivity index (χ3v) is 4.83. The molecule has 0 atom stereocenters. The number of pyridine rings is 1. The minimum atomic E-state index is -4.69. The van der Waals surface area contributed by atoms with Gasteiger partial charge >= 0.3 is 6.18 Å². The molecule has 25 heavy (non-hydrogen) atoms. The Balaban J connectivity index is 2.44. The molecule has 0 aliphatic rings. The van der Waals surface area contributed by atoms with Crippen LogP contribution in [-0.4, -0.2) is 22.7 Å². The van der Waals surface area contributed by atoms with E-state index in [0.29, 0.717) is 4.88 Å². The van der Waals surface area contributed by atoms with E-state index in [4.69, 9.17) is 0 Å². The molecule has 0 aliphatic carbocycles. The van der Waals surface area contributed by atoms with E-state index in [0.717, 1.165) is 17.8 Å². The molecule has 1 N–H and O–H groups in total. The van der Waals surface area contributed by atoms with Gasteiger partial charge in [-0.3, -0.25) is 4.79 Å². The third-order valence-electron chi connectivity index (χ3n) is 2.97. The molecule has 2 aromatic heterocycles. The summed E-state index contributed by atoms with van der Waals surface area (Å²) in [6, 6.07) is 5.73. The van der Waals surface area contributed by atoms with Crippen molar-refractivity contribution in [1.29, 1.82) is 5.26 Å². The lowest BCUT2D eigenvalue weighted by atomic mass is 10.1. The van der Waals surface area contributed by atoms with Crippen LogP contribution in [0.25, 0.3) is 10.6 Å². The molecule has 0 spiro atoms. The first-order valence-corrected chi connectivity index (χ1v) is 9.07. The molecule has 0 saturated heterocycles. The molecule has 0 aromatic carbocycles. The minimum Gasteiger partial charge on any atom is -0.353 e. The number of thiophene rings is 1. The quantitative estimate of drug-likeness (QED) is 0.779. The second kappa shape index (κ2) is 7.89. The van der Waals surface area contributed by atoms with Crippen LogP contribution in [0.3, 0.4) is 0 Å². The third kappa shape index (κ3) is 4.96. The number of alkyl halides is 3. The number of nitriles is 1. The van der Waals surface area contributed by atoms with Crippen LogP contribution < -0.4 is 5.32 Å². The standard InChI is InChI=1S/C16H14F3N3OS2/c1-9(2)21-14(23)8-25-15-10(7-20)11(16(17,18)19)6-12(22-15)13-4-3-5-24-13/h3-6,9H,8H2,1-2H3,(H,21,23). The van der Waals surface area contributed by atoms with E-state index in [2.05, 4.69) is 10.3 Å². The number of thioether (sulfide) groups is 1. The summed E-state index contributed by atoms with van der Waals surface area (Å²) in [5.41, 5.74) is -1.47. The van der Waals surface area contributed by atoms with Crippen molar-refractivity contribution in [3.8, 4) is 16.6 Å². The Morgan fingerprint density at radius 2 is 2.20 bits per heavy atom. The smallest absolute Gasteiger partial charge is 0.353 e. The average molecular weight is 385 g/mol. The van der Waals surface area contributed by atoms with Crippen LogP contribution in [0.15, 0.2) is 28.6 Å². The highest BCUT2D eigenvalue weighted by molar-refractivity contribution is 8.00. The predicted octanol–water partition coefficient (Wildman–Crippen LogP) is 4.32. The number of carbonyl (C=O) groups excluding carboxylic acids is 1. The van der Waals surface area contributed by atoms with Crippen LogP contribution in [0.2, 0.25) is 0 Å². The average Bonchev–Trinajstić information content (AvgIpc) is 3.04. The predicted molar refractivity (Wildman–Crippen MR) is 91.3 cm³/mol. The monoisotopic (exact) mass is 385 g/mol. The van der Waals surface area contributed by atoms with Crippen molar-refractivity contribution in [2.45, 2.75) is 31.1 Å². The first-order valence-electron chi connectivity index (χ1n) is 7.20. The molecule has 0 fully saturated rings. The Morgan fingerprint density at radius 1 is 1.48 bits per heavy atom. The Bertz CT molecular complexity index is 796. The van der Waals surface area contributed by atoms with Gasteiger partial charge in [0.15, 0.2) is 0 Å². The molecular formula is C16H14F3N3OS2. The number of hydrogen-bond donors (Lipinski definition) is 1. The summed E-state index contributed by atoms with van der Waals surface area (Å²) in [6.45, 7) is 3.56. The van der Waals surface area contributed by atoms with Crippen molar-refractivity contribution in [2.75, 3.05) is 5.75 Å². The number of hydrogen-bond acceptors (Lipinski definition) is 5. The molecule has 0 bridgehead atoms. The summed E-state index contributed by atoms with van der Waals surface area (Å²) in [5.74, 6) is -0.453. The van der Waals surface area contributed by atoms with Gasteiger partial charge in [0, 0.05) is 6.04 Å². The number of aromatic nitrogens is 1. The van der Waals surface area contributed by atoms with Crippen LogP contribution in [0.1, 0.15) is 25.0 Å². The summed E-state index contributed by atoms with van der Waals surface area (Å²) in [4.78, 5) is 16.5. The maximum Gasteiger partial charge on any atom is 0.417 e. The molecule has 0 unspecified atom stereocenters. The molecule has 2 rings (SSSR count). The molecule has 1 amide bonds. The number of amides is 1. The zero-order chi connectivity index (χ0) is 18.6. The SMILES string of the molecule is CC(C)NC(=O)CSc1nc(-c2cccs2)cc(C(F)(F)F)c1C#N. The van der Waals surface area contributed by atoms with Crippen LogP contribution in [0, 0.1) is 11.3 Å². The second-order valence-corrected chi connectivity index (χ2v) is 7.24. The molecule has 0 aliphatic heterocycles. The first kappa shape index (κ1) is 19.3. The number of rotatable bonds is 5. The summed E-state index contributed by atoms with van der Waals surface area (Å²) in [5, 5.41) is 13.5. The number of nitrogens with zero attached hydrogens (tertiary/aromatic N) is 2. The number of carbonyl (C=O) groups is 1. The van der Waals surface area contributed by atoms with E-state index in [-0.39, 0.29) is 28.4 Å². The lowest BCUT2D eigenvalue weighted by Crippen LogP contribution is -2.31. The summed E-state index contributed by atoms with van der Waals surface area (Å²) < 4.78 is 40.0. The van der Waals surface area contributed by atoms with Gasteiger partial charge in [0.2, 0.25) is 5.91 Å². The Labute approximate surface area is 151 Å². The Kier molecular flexibility index (Phi) is 6.08. The van der Waals surface area contributed by atoms with E-state index in [1.807, 2.05) is 0 Å². The summed E-state index contributed by atoms with van der Waals surface area (Å²) >= 11 is 2.07. The summed E-state index contributed by atoms with van der Waals surface area (Å²) in [7, 11) is 0. The van der Waals surface area contributed by atoms with Gasteiger partial charge in [0.1, 0.15) is 11.1 Å². The second-order valence-electron chi connectivity index (χ2n) is 5.33. The van der Waals surface area contributed by atoms with E-state index >= 15 is 0 Å². The van der Waals surface area contributed by atoms with Gasteiger partial charge in [0.05, 0.1) is 27.5 Å². The van der Waals surface area contributed by atoms with Crippen molar-refractivity contribution in [2.24, 2.45) is 0 Å². The molecule has 9 heteroatoms. The number of nitrogens with one attached hydrogen (secondary N) is 1. The molecule has 4 nitrogen and oxygen atoms in total. The van der Waals surface area contributed by atoms with Crippen molar-refractivity contribution >= 4 is 29.0 Å². The van der Waals surface area contributed by atoms with Crippen molar-refractivity contribution in [3.05, 3.63) is 34.7 Å². The first-order chi connectivity index (χ1) is 11.7. The lowest BCUT2D eigenvalue weighted by Gasteiger charge is -2.14. The fourth-order valence-corrected chi connectivity index (χ4v) is 3.51. The molecule has 132 valence electrons. The highest BCUT2D eigenvalue weighted by Crippen LogP contribution is 2.38. The Hall–Kier alpha value is -2.05. The fraction of sp³-hybridized carbons (Fsp3) is 0.312. The topological polar surface area (TPSA) is 65.8 Å². The maximum atomic E-state index is 13.3. The maximum absolute atomic E-state index is 13.3. The lowest BCUT2D eigenvalue weighted by molar-refractivity contribution is -0.138. The van der Waals surface area contributed by atoms with Crippen LogP contribution in [0.5, 0.6) is 0 Å². The van der Waals surface area contributed by atoms with Gasteiger partial charge in [-0.2, -0.15) is 18.4 Å². The zero-order valence-electron chi connectivity index (χ0n) is 13.3. The highest BCUT2D eigenvalue weighted by atomic mass is 32.2. The van der Waals surface area contributed by atoms with Crippen LogP contribution in [0.4, 0.5) is 13.2 Å². The molecule has 0 saturated carbocycles. The molecule has 0 radical (unpaired) electrons. The number of halogens is 3. The van der Waals surface area contributed by atoms with Crippen molar-refractivity contribution < 1.29 is 18.0 Å². The minimum absolute atomic E-state index is 0.0836. The fourth-order valence-electron chi connectivity index (χ4n) is 2.01. The van der Waals surface area contributed by atoms with Crippen molar-refractivity contribution in [1.82, 2.24) is 10.3 Å². The largest absolute Gasteiger partial charge is 0.417 e.